The summed E-state index contributed by atoms with van der Waals surface area (Å²) in [4.78, 5) is 4.46. The molecule has 1 fully saturated rings. The zero-order valence-electron chi connectivity index (χ0n) is 12.0. The van der Waals surface area contributed by atoms with Crippen LogP contribution in [0.4, 0.5) is 0 Å². The van der Waals surface area contributed by atoms with Crippen LogP contribution in [0.15, 0.2) is 4.99 Å². The van der Waals surface area contributed by atoms with Gasteiger partial charge in [0, 0.05) is 26.8 Å². The Balaban J connectivity index is 2.09. The van der Waals surface area contributed by atoms with Gasteiger partial charge in [0.05, 0.1) is 0 Å². The molecule has 0 unspecified atom stereocenters. The average molecular weight is 255 g/mol. The number of methoxy groups -OCH3 is 1. The summed E-state index contributed by atoms with van der Waals surface area (Å²) in [5.41, 5.74) is 6.25. The number of rotatable bonds is 10. The Labute approximate surface area is 111 Å². The maximum absolute atomic E-state index is 5.86. The average Bonchev–Trinajstić information content (AvgIpc) is 3.14. The van der Waals surface area contributed by atoms with Crippen LogP contribution in [0.1, 0.15) is 51.9 Å². The van der Waals surface area contributed by atoms with Crippen molar-refractivity contribution in [1.82, 2.24) is 5.32 Å². The van der Waals surface area contributed by atoms with Crippen LogP contribution in [0.5, 0.6) is 0 Å². The lowest BCUT2D eigenvalue weighted by molar-refractivity contribution is 0.174. The van der Waals surface area contributed by atoms with E-state index >= 15 is 0 Å². The van der Waals surface area contributed by atoms with E-state index < -0.39 is 0 Å². The minimum absolute atomic E-state index is 0.393. The Morgan fingerprint density at radius 1 is 1.33 bits per heavy atom. The van der Waals surface area contributed by atoms with Gasteiger partial charge >= 0.3 is 0 Å². The van der Waals surface area contributed by atoms with Crippen molar-refractivity contribution in [2.24, 2.45) is 16.1 Å². The first-order valence-corrected chi connectivity index (χ1v) is 7.25. The van der Waals surface area contributed by atoms with Crippen LogP contribution in [0.25, 0.3) is 0 Å². The molecule has 0 amide bonds. The molecule has 0 aromatic rings. The van der Waals surface area contributed by atoms with Gasteiger partial charge in [-0.25, -0.2) is 0 Å². The van der Waals surface area contributed by atoms with E-state index in [9.17, 15) is 0 Å². The van der Waals surface area contributed by atoms with Crippen LogP contribution in [-0.2, 0) is 4.74 Å². The molecule has 0 aromatic heterocycles. The van der Waals surface area contributed by atoms with Crippen LogP contribution in [-0.4, -0.2) is 32.8 Å². The molecule has 1 aliphatic carbocycles. The van der Waals surface area contributed by atoms with Crippen molar-refractivity contribution in [3.8, 4) is 0 Å². The van der Waals surface area contributed by atoms with Gasteiger partial charge in [0.1, 0.15) is 0 Å². The molecule has 0 aromatic carbocycles. The van der Waals surface area contributed by atoms with E-state index in [1.54, 1.807) is 7.11 Å². The van der Waals surface area contributed by atoms with E-state index in [0.29, 0.717) is 11.4 Å². The van der Waals surface area contributed by atoms with Crippen LogP contribution in [0.2, 0.25) is 0 Å². The maximum atomic E-state index is 5.86. The topological polar surface area (TPSA) is 59.6 Å². The van der Waals surface area contributed by atoms with Gasteiger partial charge in [0.2, 0.25) is 0 Å². The van der Waals surface area contributed by atoms with Crippen LogP contribution >= 0.6 is 0 Å². The highest BCUT2D eigenvalue weighted by atomic mass is 16.5. The second kappa shape index (κ2) is 8.35. The molecule has 0 saturated heterocycles. The van der Waals surface area contributed by atoms with E-state index in [-0.39, 0.29) is 0 Å². The summed E-state index contributed by atoms with van der Waals surface area (Å²) < 4.78 is 5.13. The number of aliphatic imine (C=N–C) groups is 1. The minimum Gasteiger partial charge on any atom is -0.385 e. The molecule has 106 valence electrons. The monoisotopic (exact) mass is 255 g/mol. The minimum atomic E-state index is 0.393. The van der Waals surface area contributed by atoms with E-state index in [1.807, 2.05) is 0 Å². The molecule has 4 heteroatoms. The highest BCUT2D eigenvalue weighted by molar-refractivity contribution is 5.77. The lowest BCUT2D eigenvalue weighted by atomic mass is 10.0. The molecule has 0 bridgehead atoms. The van der Waals surface area contributed by atoms with Gasteiger partial charge in [-0.3, -0.25) is 4.99 Å². The van der Waals surface area contributed by atoms with E-state index in [1.165, 1.54) is 38.5 Å². The molecule has 0 heterocycles. The van der Waals surface area contributed by atoms with Gasteiger partial charge in [-0.15, -0.1) is 0 Å². The van der Waals surface area contributed by atoms with Crippen molar-refractivity contribution in [3.05, 3.63) is 0 Å². The van der Waals surface area contributed by atoms with E-state index in [4.69, 9.17) is 10.5 Å². The number of nitrogens with zero attached hydrogens (tertiary/aromatic N) is 1. The molecule has 1 aliphatic rings. The van der Waals surface area contributed by atoms with Crippen molar-refractivity contribution in [2.75, 3.05) is 26.8 Å². The third-order valence-electron chi connectivity index (χ3n) is 3.71. The molecule has 4 nitrogen and oxygen atoms in total. The van der Waals surface area contributed by atoms with Crippen molar-refractivity contribution in [1.29, 1.82) is 0 Å². The first-order chi connectivity index (χ1) is 8.72. The van der Waals surface area contributed by atoms with Crippen molar-refractivity contribution in [2.45, 2.75) is 51.9 Å². The van der Waals surface area contributed by atoms with Gasteiger partial charge in [-0.1, -0.05) is 26.2 Å². The van der Waals surface area contributed by atoms with E-state index in [0.717, 1.165) is 26.1 Å². The fourth-order valence-corrected chi connectivity index (χ4v) is 2.06. The largest absolute Gasteiger partial charge is 0.385 e. The number of nitrogens with one attached hydrogen (secondary N) is 1. The predicted octanol–water partition coefficient (Wildman–Crippen LogP) is 2.29. The Bertz CT molecular complexity index is 249. The number of hydrogen-bond donors (Lipinski definition) is 2. The first kappa shape index (κ1) is 15.3. The number of hydrogen-bond acceptors (Lipinski definition) is 2. The standard InChI is InChI=1S/C14H29N3O/c1-3-4-5-6-10-16-13(15)17-12-14(7-8-14)9-11-18-2/h3-12H2,1-2H3,(H3,15,16,17). The van der Waals surface area contributed by atoms with Gasteiger partial charge in [-0.05, 0) is 31.1 Å². The predicted molar refractivity (Wildman–Crippen MR) is 76.8 cm³/mol. The van der Waals surface area contributed by atoms with Gasteiger partial charge in [0.25, 0.3) is 0 Å². The summed E-state index contributed by atoms with van der Waals surface area (Å²) in [7, 11) is 1.76. The van der Waals surface area contributed by atoms with Crippen molar-refractivity contribution >= 4 is 5.96 Å². The van der Waals surface area contributed by atoms with Crippen molar-refractivity contribution < 1.29 is 4.74 Å². The second-order valence-corrected chi connectivity index (χ2v) is 5.43. The maximum Gasteiger partial charge on any atom is 0.188 e. The molecule has 1 saturated carbocycles. The lowest BCUT2D eigenvalue weighted by Gasteiger charge is -2.12. The summed E-state index contributed by atoms with van der Waals surface area (Å²) in [6.45, 7) is 4.85. The summed E-state index contributed by atoms with van der Waals surface area (Å²) >= 11 is 0. The zero-order chi connectivity index (χ0) is 13.3. The third kappa shape index (κ3) is 6.24. The Morgan fingerprint density at radius 3 is 2.72 bits per heavy atom. The highest BCUT2D eigenvalue weighted by Crippen LogP contribution is 2.48. The highest BCUT2D eigenvalue weighted by Gasteiger charge is 2.41. The molecule has 0 atom stereocenters. The Hall–Kier alpha value is -0.770. The second-order valence-electron chi connectivity index (χ2n) is 5.43. The first-order valence-electron chi connectivity index (χ1n) is 7.25. The molecule has 0 aliphatic heterocycles. The Morgan fingerprint density at radius 2 is 2.11 bits per heavy atom. The van der Waals surface area contributed by atoms with E-state index in [2.05, 4.69) is 17.2 Å². The lowest BCUT2D eigenvalue weighted by Crippen LogP contribution is -2.33. The van der Waals surface area contributed by atoms with Gasteiger partial charge < -0.3 is 15.8 Å². The van der Waals surface area contributed by atoms with Crippen LogP contribution in [0.3, 0.4) is 0 Å². The molecule has 3 N–H and O–H groups in total. The van der Waals surface area contributed by atoms with Crippen LogP contribution < -0.4 is 11.1 Å². The third-order valence-corrected chi connectivity index (χ3v) is 3.71. The normalized spacial score (nSPS) is 17.8. The molecular weight excluding hydrogens is 226 g/mol. The number of guanidine groups is 1. The fraction of sp³-hybridized carbons (Fsp3) is 0.929. The number of ether oxygens (including phenoxy) is 1. The molecule has 0 spiro atoms. The molecule has 18 heavy (non-hydrogen) atoms. The summed E-state index contributed by atoms with van der Waals surface area (Å²) in [6, 6.07) is 0. The number of unbranched alkanes of at least 4 members (excludes halogenated alkanes) is 3. The summed E-state index contributed by atoms with van der Waals surface area (Å²) in [5, 5.41) is 3.19. The van der Waals surface area contributed by atoms with Gasteiger partial charge in [0.15, 0.2) is 5.96 Å². The zero-order valence-corrected chi connectivity index (χ0v) is 12.0. The summed E-state index contributed by atoms with van der Waals surface area (Å²) in [5.74, 6) is 0.607. The fourth-order valence-electron chi connectivity index (χ4n) is 2.06. The number of nitrogens with two attached hydrogens (primary N) is 1. The summed E-state index contributed by atoms with van der Waals surface area (Å²) in [6.07, 6.45) is 8.67. The smallest absolute Gasteiger partial charge is 0.188 e. The molecule has 0 radical (unpaired) electrons. The SMILES string of the molecule is CCCCCCNC(N)=NCC1(CCOC)CC1. The Kier molecular flexibility index (Phi) is 7.09. The molecular formula is C14H29N3O. The quantitative estimate of drug-likeness (QED) is 0.358. The molecule has 1 rings (SSSR count). The van der Waals surface area contributed by atoms with Crippen LogP contribution in [0, 0.1) is 5.41 Å². The van der Waals surface area contributed by atoms with Gasteiger partial charge in [-0.2, -0.15) is 0 Å². The van der Waals surface area contributed by atoms with Crippen molar-refractivity contribution in [3.63, 3.8) is 0 Å².